The van der Waals surface area contributed by atoms with Crippen LogP contribution in [0.3, 0.4) is 0 Å². The molecule has 0 bridgehead atoms. The summed E-state index contributed by atoms with van der Waals surface area (Å²) in [5.74, 6) is -0.00334. The zero-order valence-electron chi connectivity index (χ0n) is 12.2. The number of carbonyl (C=O) groups excluding carboxylic acids is 1. The second kappa shape index (κ2) is 7.37. The van der Waals surface area contributed by atoms with Crippen molar-refractivity contribution in [2.75, 3.05) is 38.0 Å². The Hall–Kier alpha value is -0.520. The maximum atomic E-state index is 12.1. The molecule has 122 valence electrons. The third-order valence-electron chi connectivity index (χ3n) is 4.42. The Kier molecular flexibility index (Phi) is 5.97. The van der Waals surface area contributed by atoms with Crippen LogP contribution in [0.4, 0.5) is 5.69 Å². The summed E-state index contributed by atoms with van der Waals surface area (Å²) in [5, 5.41) is 7.24. The molecule has 22 heavy (non-hydrogen) atoms. The van der Waals surface area contributed by atoms with Gasteiger partial charge in [-0.3, -0.25) is 9.69 Å². The summed E-state index contributed by atoms with van der Waals surface area (Å²) in [4.78, 5) is 14.4. The predicted molar refractivity (Wildman–Crippen MR) is 93.3 cm³/mol. The fraction of sp³-hybridized carbons (Fsp3) is 0.533. The lowest BCUT2D eigenvalue weighted by molar-refractivity contribution is -0.117. The zero-order valence-corrected chi connectivity index (χ0v) is 14.5. The lowest BCUT2D eigenvalue weighted by atomic mass is 9.87. The predicted octanol–water partition coefficient (Wildman–Crippen LogP) is 3.04. The van der Waals surface area contributed by atoms with Gasteiger partial charge in [-0.15, -0.1) is 12.4 Å². The van der Waals surface area contributed by atoms with Gasteiger partial charge in [0.2, 0.25) is 5.91 Å². The van der Waals surface area contributed by atoms with Crippen molar-refractivity contribution in [1.29, 1.82) is 0 Å². The molecule has 1 aromatic rings. The van der Waals surface area contributed by atoms with Crippen LogP contribution in [0.2, 0.25) is 10.0 Å². The van der Waals surface area contributed by atoms with Crippen molar-refractivity contribution < 1.29 is 4.79 Å². The maximum Gasteiger partial charge on any atom is 0.238 e. The number of rotatable bonds is 3. The Labute approximate surface area is 146 Å². The first-order valence-corrected chi connectivity index (χ1v) is 8.00. The Morgan fingerprint density at radius 2 is 2.14 bits per heavy atom. The standard InChI is InChI=1S/C15H19Cl2N3O.ClH/c16-12-2-1-11(7-13(12)17)19-14(21)8-20-6-4-15(10-20)3-5-18-9-15;/h1-2,7,18H,3-6,8-10H2,(H,19,21);1H. The minimum Gasteiger partial charge on any atom is -0.325 e. The van der Waals surface area contributed by atoms with Crippen molar-refractivity contribution >= 4 is 47.2 Å². The second-order valence-corrected chi connectivity index (χ2v) is 6.88. The molecule has 4 nitrogen and oxygen atoms in total. The number of anilines is 1. The van der Waals surface area contributed by atoms with Crippen LogP contribution in [0.25, 0.3) is 0 Å². The van der Waals surface area contributed by atoms with E-state index in [1.54, 1.807) is 18.2 Å². The van der Waals surface area contributed by atoms with Crippen molar-refractivity contribution in [3.05, 3.63) is 28.2 Å². The van der Waals surface area contributed by atoms with E-state index in [-0.39, 0.29) is 18.3 Å². The summed E-state index contributed by atoms with van der Waals surface area (Å²) in [7, 11) is 0. The number of benzene rings is 1. The molecule has 0 aromatic heterocycles. The highest BCUT2D eigenvalue weighted by Crippen LogP contribution is 2.35. The fourth-order valence-corrected chi connectivity index (χ4v) is 3.58. The van der Waals surface area contributed by atoms with Gasteiger partial charge in [0.15, 0.2) is 0 Å². The Morgan fingerprint density at radius 1 is 1.32 bits per heavy atom. The van der Waals surface area contributed by atoms with Crippen LogP contribution < -0.4 is 10.6 Å². The van der Waals surface area contributed by atoms with E-state index >= 15 is 0 Å². The molecule has 1 unspecified atom stereocenters. The molecule has 1 amide bonds. The van der Waals surface area contributed by atoms with Gasteiger partial charge < -0.3 is 10.6 Å². The first kappa shape index (κ1) is 17.8. The van der Waals surface area contributed by atoms with E-state index in [1.807, 2.05) is 0 Å². The lowest BCUT2D eigenvalue weighted by Crippen LogP contribution is -2.34. The van der Waals surface area contributed by atoms with Gasteiger partial charge in [-0.1, -0.05) is 23.2 Å². The van der Waals surface area contributed by atoms with Gasteiger partial charge in [-0.25, -0.2) is 0 Å². The molecule has 0 saturated carbocycles. The molecular weight excluding hydrogens is 345 g/mol. The SMILES string of the molecule is Cl.O=C(CN1CCC2(CCNC2)C1)Nc1ccc(Cl)c(Cl)c1. The van der Waals surface area contributed by atoms with E-state index in [4.69, 9.17) is 23.2 Å². The van der Waals surface area contributed by atoms with Gasteiger partial charge >= 0.3 is 0 Å². The molecule has 2 aliphatic heterocycles. The minimum atomic E-state index is -0.00334. The number of hydrogen-bond donors (Lipinski definition) is 2. The van der Waals surface area contributed by atoms with Gasteiger partial charge in [-0.05, 0) is 49.5 Å². The van der Waals surface area contributed by atoms with Crippen LogP contribution in [0.5, 0.6) is 0 Å². The van der Waals surface area contributed by atoms with Gasteiger partial charge in [0.05, 0.1) is 16.6 Å². The van der Waals surface area contributed by atoms with Crippen molar-refractivity contribution in [2.45, 2.75) is 12.8 Å². The summed E-state index contributed by atoms with van der Waals surface area (Å²) >= 11 is 11.8. The highest BCUT2D eigenvalue weighted by atomic mass is 35.5. The maximum absolute atomic E-state index is 12.1. The first-order valence-electron chi connectivity index (χ1n) is 7.24. The van der Waals surface area contributed by atoms with E-state index < -0.39 is 0 Å². The zero-order chi connectivity index (χ0) is 14.9. The highest BCUT2D eigenvalue weighted by molar-refractivity contribution is 6.42. The van der Waals surface area contributed by atoms with Crippen molar-refractivity contribution in [3.63, 3.8) is 0 Å². The number of likely N-dealkylation sites (tertiary alicyclic amines) is 1. The second-order valence-electron chi connectivity index (χ2n) is 6.06. The summed E-state index contributed by atoms with van der Waals surface area (Å²) in [6.07, 6.45) is 2.40. The number of nitrogens with zero attached hydrogens (tertiary/aromatic N) is 1. The Bertz CT molecular complexity index is 547. The minimum absolute atomic E-state index is 0. The van der Waals surface area contributed by atoms with Crippen LogP contribution in [0.15, 0.2) is 18.2 Å². The van der Waals surface area contributed by atoms with Gasteiger partial charge in [0, 0.05) is 18.8 Å². The molecule has 2 heterocycles. The molecule has 2 N–H and O–H groups in total. The van der Waals surface area contributed by atoms with Crippen molar-refractivity contribution in [2.24, 2.45) is 5.41 Å². The molecule has 2 saturated heterocycles. The van der Waals surface area contributed by atoms with Crippen molar-refractivity contribution in [1.82, 2.24) is 10.2 Å². The van der Waals surface area contributed by atoms with E-state index in [9.17, 15) is 4.79 Å². The van der Waals surface area contributed by atoms with E-state index in [0.717, 1.165) is 26.2 Å². The number of nitrogens with one attached hydrogen (secondary N) is 2. The lowest BCUT2D eigenvalue weighted by Gasteiger charge is -2.22. The summed E-state index contributed by atoms with van der Waals surface area (Å²) < 4.78 is 0. The molecule has 3 rings (SSSR count). The molecule has 1 spiro atoms. The Balaban J connectivity index is 0.00000176. The molecule has 2 fully saturated rings. The fourth-order valence-electron chi connectivity index (χ4n) is 3.28. The third kappa shape index (κ3) is 4.06. The molecule has 1 atom stereocenters. The molecule has 1 aromatic carbocycles. The van der Waals surface area contributed by atoms with Gasteiger partial charge in [0.25, 0.3) is 0 Å². The van der Waals surface area contributed by atoms with Gasteiger partial charge in [0.1, 0.15) is 0 Å². The summed E-state index contributed by atoms with van der Waals surface area (Å²) in [6.45, 7) is 4.62. The van der Waals surface area contributed by atoms with E-state index in [1.165, 1.54) is 12.8 Å². The summed E-state index contributed by atoms with van der Waals surface area (Å²) in [5.41, 5.74) is 1.08. The van der Waals surface area contributed by atoms with Crippen LogP contribution >= 0.6 is 35.6 Å². The highest BCUT2D eigenvalue weighted by Gasteiger charge is 2.40. The molecule has 7 heteroatoms. The van der Waals surface area contributed by atoms with E-state index in [2.05, 4.69) is 15.5 Å². The number of amides is 1. The summed E-state index contributed by atoms with van der Waals surface area (Å²) in [6, 6.07) is 5.13. The largest absolute Gasteiger partial charge is 0.325 e. The number of halogens is 3. The normalized spacial score (nSPS) is 24.5. The monoisotopic (exact) mass is 363 g/mol. The molecule has 2 aliphatic rings. The molecule has 0 aliphatic carbocycles. The van der Waals surface area contributed by atoms with Gasteiger partial charge in [-0.2, -0.15) is 0 Å². The smallest absolute Gasteiger partial charge is 0.238 e. The topological polar surface area (TPSA) is 44.4 Å². The van der Waals surface area contributed by atoms with Crippen LogP contribution in [0.1, 0.15) is 12.8 Å². The van der Waals surface area contributed by atoms with Crippen LogP contribution in [-0.2, 0) is 4.79 Å². The average molecular weight is 365 g/mol. The first-order chi connectivity index (χ1) is 10.1. The molecular formula is C15H20Cl3N3O. The van der Waals surface area contributed by atoms with E-state index in [0.29, 0.717) is 27.7 Å². The number of carbonyl (C=O) groups is 1. The quantitative estimate of drug-likeness (QED) is 0.866. The molecule has 0 radical (unpaired) electrons. The average Bonchev–Trinajstić information content (AvgIpc) is 3.05. The third-order valence-corrected chi connectivity index (χ3v) is 5.16. The number of hydrogen-bond acceptors (Lipinski definition) is 3. The van der Waals surface area contributed by atoms with Crippen molar-refractivity contribution in [3.8, 4) is 0 Å². The van der Waals surface area contributed by atoms with Crippen LogP contribution in [-0.4, -0.2) is 43.5 Å². The van der Waals surface area contributed by atoms with Crippen LogP contribution in [0, 0.1) is 5.41 Å². The Morgan fingerprint density at radius 3 is 2.82 bits per heavy atom.